The fraction of sp³-hybridized carbons (Fsp3) is 0.391. The van der Waals surface area contributed by atoms with Gasteiger partial charge in [0.15, 0.2) is 0 Å². The lowest BCUT2D eigenvalue weighted by Crippen LogP contribution is -2.50. The summed E-state index contributed by atoms with van der Waals surface area (Å²) in [5, 5.41) is 12.8. The van der Waals surface area contributed by atoms with Crippen LogP contribution >= 0.6 is 0 Å². The number of pyridine rings is 1. The van der Waals surface area contributed by atoms with Crippen LogP contribution in [-0.4, -0.2) is 78.1 Å². The summed E-state index contributed by atoms with van der Waals surface area (Å²) >= 11 is 0. The monoisotopic (exact) mass is 437 g/mol. The fourth-order valence-electron chi connectivity index (χ4n) is 4.21. The SMILES string of the molecule is CC(C(=O)O)N(C(=O)CN1CCc2ccc(N3CCNCC3)cc2C1=O)c1cccnc1. The highest BCUT2D eigenvalue weighted by atomic mass is 16.4. The van der Waals surface area contributed by atoms with E-state index < -0.39 is 17.9 Å². The van der Waals surface area contributed by atoms with Crippen molar-refractivity contribution in [2.24, 2.45) is 0 Å². The molecule has 0 spiro atoms. The van der Waals surface area contributed by atoms with Crippen LogP contribution in [0, 0.1) is 0 Å². The van der Waals surface area contributed by atoms with Gasteiger partial charge in [0.25, 0.3) is 5.91 Å². The molecule has 2 amide bonds. The molecule has 1 saturated heterocycles. The standard InChI is InChI=1S/C23H27N5O4/c1-16(23(31)32)28(19-3-2-7-25-14-19)21(29)15-27-10-6-17-4-5-18(13-20(17)22(27)30)26-11-8-24-9-12-26/h2-5,7,13-14,16,24H,6,8-12,15H2,1H3,(H,31,32). The number of aliphatic carboxylic acids is 1. The Balaban J connectivity index is 1.54. The van der Waals surface area contributed by atoms with E-state index in [4.69, 9.17) is 0 Å². The Morgan fingerprint density at radius 2 is 2.00 bits per heavy atom. The van der Waals surface area contributed by atoms with E-state index in [0.29, 0.717) is 24.2 Å². The second-order valence-electron chi connectivity index (χ2n) is 8.04. The highest BCUT2D eigenvalue weighted by Gasteiger charge is 2.32. The van der Waals surface area contributed by atoms with Gasteiger partial charge < -0.3 is 20.2 Å². The number of anilines is 2. The minimum Gasteiger partial charge on any atom is -0.480 e. The minimum atomic E-state index is -1.13. The Morgan fingerprint density at radius 1 is 1.22 bits per heavy atom. The number of hydrogen-bond acceptors (Lipinski definition) is 6. The molecule has 1 aromatic carbocycles. The van der Waals surface area contributed by atoms with E-state index in [-0.39, 0.29) is 12.5 Å². The van der Waals surface area contributed by atoms with E-state index in [1.165, 1.54) is 22.9 Å². The summed E-state index contributed by atoms with van der Waals surface area (Å²) in [4.78, 5) is 47.0. The molecule has 2 aliphatic rings. The summed E-state index contributed by atoms with van der Waals surface area (Å²) in [7, 11) is 0. The van der Waals surface area contributed by atoms with Gasteiger partial charge in [-0.3, -0.25) is 19.5 Å². The van der Waals surface area contributed by atoms with Crippen LogP contribution in [0.2, 0.25) is 0 Å². The molecule has 0 saturated carbocycles. The van der Waals surface area contributed by atoms with Crippen molar-refractivity contribution in [3.05, 3.63) is 53.9 Å². The number of piperazine rings is 1. The minimum absolute atomic E-state index is 0.192. The van der Waals surface area contributed by atoms with Crippen molar-refractivity contribution >= 4 is 29.2 Å². The van der Waals surface area contributed by atoms with Crippen molar-refractivity contribution in [1.29, 1.82) is 0 Å². The average molecular weight is 438 g/mol. The number of fused-ring (bicyclic) bond motifs is 1. The van der Waals surface area contributed by atoms with E-state index in [9.17, 15) is 19.5 Å². The molecule has 4 rings (SSSR count). The van der Waals surface area contributed by atoms with Crippen LogP contribution in [0.5, 0.6) is 0 Å². The Morgan fingerprint density at radius 3 is 2.69 bits per heavy atom. The first-order valence-electron chi connectivity index (χ1n) is 10.8. The predicted octanol–water partition coefficient (Wildman–Crippen LogP) is 0.996. The van der Waals surface area contributed by atoms with Gasteiger partial charge in [-0.05, 0) is 43.2 Å². The van der Waals surface area contributed by atoms with Crippen molar-refractivity contribution < 1.29 is 19.5 Å². The van der Waals surface area contributed by atoms with Crippen LogP contribution in [-0.2, 0) is 16.0 Å². The van der Waals surface area contributed by atoms with E-state index in [0.717, 1.165) is 37.4 Å². The van der Waals surface area contributed by atoms with Crippen molar-refractivity contribution in [2.75, 3.05) is 49.1 Å². The van der Waals surface area contributed by atoms with Crippen LogP contribution in [0.3, 0.4) is 0 Å². The highest BCUT2D eigenvalue weighted by molar-refractivity contribution is 6.04. The molecule has 9 nitrogen and oxygen atoms in total. The van der Waals surface area contributed by atoms with Gasteiger partial charge in [-0.25, -0.2) is 4.79 Å². The number of carbonyl (C=O) groups is 3. The highest BCUT2D eigenvalue weighted by Crippen LogP contribution is 2.26. The average Bonchev–Trinajstić information content (AvgIpc) is 2.82. The lowest BCUT2D eigenvalue weighted by molar-refractivity contribution is -0.139. The predicted molar refractivity (Wildman–Crippen MR) is 120 cm³/mol. The van der Waals surface area contributed by atoms with Gasteiger partial charge in [-0.2, -0.15) is 0 Å². The van der Waals surface area contributed by atoms with E-state index in [1.54, 1.807) is 18.3 Å². The summed E-state index contributed by atoms with van der Waals surface area (Å²) in [5.41, 5.74) is 2.97. The van der Waals surface area contributed by atoms with Crippen molar-refractivity contribution in [3.63, 3.8) is 0 Å². The topological polar surface area (TPSA) is 106 Å². The molecule has 2 aliphatic heterocycles. The second kappa shape index (κ2) is 9.35. The Labute approximate surface area is 186 Å². The molecule has 168 valence electrons. The molecule has 32 heavy (non-hydrogen) atoms. The molecule has 0 bridgehead atoms. The number of rotatable bonds is 6. The molecule has 1 aromatic heterocycles. The zero-order chi connectivity index (χ0) is 22.7. The van der Waals surface area contributed by atoms with Crippen LogP contribution in [0.4, 0.5) is 11.4 Å². The third-order valence-corrected chi connectivity index (χ3v) is 6.01. The molecule has 0 radical (unpaired) electrons. The van der Waals surface area contributed by atoms with Gasteiger partial charge in [-0.15, -0.1) is 0 Å². The van der Waals surface area contributed by atoms with Gasteiger partial charge in [0, 0.05) is 50.2 Å². The third-order valence-electron chi connectivity index (χ3n) is 6.01. The number of carboxylic acids is 1. The van der Waals surface area contributed by atoms with Gasteiger partial charge in [-0.1, -0.05) is 6.07 Å². The van der Waals surface area contributed by atoms with Gasteiger partial charge >= 0.3 is 5.97 Å². The maximum Gasteiger partial charge on any atom is 0.326 e. The quantitative estimate of drug-likeness (QED) is 0.694. The van der Waals surface area contributed by atoms with Crippen LogP contribution in [0.25, 0.3) is 0 Å². The van der Waals surface area contributed by atoms with Crippen LogP contribution in [0.15, 0.2) is 42.7 Å². The fourth-order valence-corrected chi connectivity index (χ4v) is 4.21. The van der Waals surface area contributed by atoms with E-state index in [1.807, 2.05) is 12.1 Å². The summed E-state index contributed by atoms with van der Waals surface area (Å²) in [6.07, 6.45) is 3.65. The first kappa shape index (κ1) is 21.8. The van der Waals surface area contributed by atoms with E-state index in [2.05, 4.69) is 21.3 Å². The molecule has 2 N–H and O–H groups in total. The zero-order valence-electron chi connectivity index (χ0n) is 18.0. The molecular formula is C23H27N5O4. The molecule has 1 fully saturated rings. The van der Waals surface area contributed by atoms with Crippen molar-refractivity contribution in [1.82, 2.24) is 15.2 Å². The molecule has 2 aromatic rings. The maximum atomic E-state index is 13.2. The number of carboxylic acid groups (broad SMARTS) is 1. The number of hydrogen-bond donors (Lipinski definition) is 2. The number of amides is 2. The Hall–Kier alpha value is -3.46. The van der Waals surface area contributed by atoms with Crippen molar-refractivity contribution in [3.8, 4) is 0 Å². The summed E-state index contributed by atoms with van der Waals surface area (Å²) < 4.78 is 0. The van der Waals surface area contributed by atoms with E-state index >= 15 is 0 Å². The number of benzene rings is 1. The van der Waals surface area contributed by atoms with Gasteiger partial charge in [0.05, 0.1) is 11.9 Å². The Bertz CT molecular complexity index is 1010. The maximum absolute atomic E-state index is 13.2. The molecular weight excluding hydrogens is 410 g/mol. The normalized spacial score (nSPS) is 17.0. The number of aromatic nitrogens is 1. The van der Waals surface area contributed by atoms with Crippen LogP contribution < -0.4 is 15.1 Å². The number of carbonyl (C=O) groups excluding carboxylic acids is 2. The third kappa shape index (κ3) is 4.43. The second-order valence-corrected chi connectivity index (χ2v) is 8.04. The summed E-state index contributed by atoms with van der Waals surface area (Å²) in [5.74, 6) is -1.79. The molecule has 9 heteroatoms. The molecule has 1 unspecified atom stereocenters. The zero-order valence-corrected chi connectivity index (χ0v) is 18.0. The van der Waals surface area contributed by atoms with Crippen molar-refractivity contribution in [2.45, 2.75) is 19.4 Å². The van der Waals surface area contributed by atoms with Gasteiger partial charge in [0.1, 0.15) is 12.6 Å². The van der Waals surface area contributed by atoms with Crippen LogP contribution in [0.1, 0.15) is 22.8 Å². The number of nitrogens with one attached hydrogen (secondary N) is 1. The molecule has 1 atom stereocenters. The first-order chi connectivity index (χ1) is 15.5. The lowest BCUT2D eigenvalue weighted by atomic mass is 9.97. The summed E-state index contributed by atoms with van der Waals surface area (Å²) in [6, 6.07) is 8.16. The Kier molecular flexibility index (Phi) is 6.36. The van der Waals surface area contributed by atoms with Gasteiger partial charge in [0.2, 0.25) is 5.91 Å². The first-order valence-corrected chi connectivity index (χ1v) is 10.8. The molecule has 3 heterocycles. The number of nitrogens with zero attached hydrogens (tertiary/aromatic N) is 4. The molecule has 0 aliphatic carbocycles. The lowest BCUT2D eigenvalue weighted by Gasteiger charge is -2.33. The largest absolute Gasteiger partial charge is 0.480 e. The summed E-state index contributed by atoms with van der Waals surface area (Å²) in [6.45, 7) is 5.22. The smallest absolute Gasteiger partial charge is 0.326 e.